The summed E-state index contributed by atoms with van der Waals surface area (Å²) >= 11 is 1.32. The molecule has 5 nitrogen and oxygen atoms in total. The minimum Gasteiger partial charge on any atom is -0.272 e. The van der Waals surface area contributed by atoms with Crippen LogP contribution in [-0.2, 0) is 4.79 Å². The zero-order valence-electron chi connectivity index (χ0n) is 11.4. The van der Waals surface area contributed by atoms with Crippen molar-refractivity contribution in [3.63, 3.8) is 0 Å². The zero-order chi connectivity index (χ0) is 15.1. The summed E-state index contributed by atoms with van der Waals surface area (Å²) in [5, 5.41) is 0.394. The molecule has 0 aliphatic carbocycles. The number of carbonyl (C=O) groups excluding carboxylic acids is 2. The molecule has 2 rings (SSSR count). The fraction of sp³-hybridized carbons (Fsp3) is 0.133. The highest BCUT2D eigenvalue weighted by Crippen LogP contribution is 2.20. The molecule has 0 radical (unpaired) electrons. The predicted octanol–water partition coefficient (Wildman–Crippen LogP) is 2.02. The Morgan fingerprint density at radius 1 is 1.05 bits per heavy atom. The first kappa shape index (κ1) is 15.1. The lowest BCUT2D eigenvalue weighted by molar-refractivity contribution is -0.121. The molecule has 2 N–H and O–H groups in total. The van der Waals surface area contributed by atoms with E-state index >= 15 is 0 Å². The number of hydrogen-bond donors (Lipinski definition) is 2. The second-order valence-electron chi connectivity index (χ2n) is 4.24. The zero-order valence-corrected chi connectivity index (χ0v) is 12.3. The van der Waals surface area contributed by atoms with Crippen molar-refractivity contribution in [2.45, 2.75) is 17.2 Å². The minimum atomic E-state index is -0.365. The number of benzene rings is 1. The van der Waals surface area contributed by atoms with Crippen LogP contribution in [0.2, 0.25) is 0 Å². The molecule has 0 saturated carbocycles. The van der Waals surface area contributed by atoms with Crippen LogP contribution < -0.4 is 10.9 Å². The number of rotatable bonds is 4. The highest BCUT2D eigenvalue weighted by Gasteiger charge is 2.15. The van der Waals surface area contributed by atoms with Crippen molar-refractivity contribution in [1.82, 2.24) is 15.8 Å². The summed E-state index contributed by atoms with van der Waals surface area (Å²) in [6.07, 6.45) is 1.67. The Hall–Kier alpha value is -2.34. The van der Waals surface area contributed by atoms with Crippen LogP contribution in [0.25, 0.3) is 0 Å². The largest absolute Gasteiger partial charge is 0.272 e. The van der Waals surface area contributed by atoms with Gasteiger partial charge in [-0.15, -0.1) is 0 Å². The number of aromatic nitrogens is 1. The number of amides is 2. The van der Waals surface area contributed by atoms with Gasteiger partial charge in [-0.05, 0) is 31.2 Å². The smallest absolute Gasteiger partial charge is 0.269 e. The van der Waals surface area contributed by atoms with E-state index in [-0.39, 0.29) is 17.1 Å². The van der Waals surface area contributed by atoms with Crippen molar-refractivity contribution in [2.24, 2.45) is 0 Å². The Kier molecular flexibility index (Phi) is 5.34. The van der Waals surface area contributed by atoms with Gasteiger partial charge in [-0.2, -0.15) is 0 Å². The summed E-state index contributed by atoms with van der Waals surface area (Å²) in [6.45, 7) is 1.75. The highest BCUT2D eigenvalue weighted by molar-refractivity contribution is 8.00. The Morgan fingerprint density at radius 2 is 1.76 bits per heavy atom. The van der Waals surface area contributed by atoms with Crippen LogP contribution in [0.1, 0.15) is 17.3 Å². The van der Waals surface area contributed by atoms with Crippen LogP contribution in [0, 0.1) is 0 Å². The highest BCUT2D eigenvalue weighted by atomic mass is 32.2. The molecule has 108 valence electrons. The van der Waals surface area contributed by atoms with Crippen LogP contribution in [0.3, 0.4) is 0 Å². The van der Waals surface area contributed by atoms with Crippen LogP contribution in [0.4, 0.5) is 0 Å². The van der Waals surface area contributed by atoms with E-state index in [4.69, 9.17) is 0 Å². The van der Waals surface area contributed by atoms with Crippen LogP contribution >= 0.6 is 11.8 Å². The van der Waals surface area contributed by atoms with E-state index in [1.807, 2.05) is 24.3 Å². The molecule has 2 aromatic rings. The van der Waals surface area contributed by atoms with Gasteiger partial charge in [0.05, 0.1) is 10.3 Å². The third-order valence-corrected chi connectivity index (χ3v) is 3.69. The molecule has 0 bridgehead atoms. The van der Waals surface area contributed by atoms with E-state index in [0.29, 0.717) is 5.56 Å². The van der Waals surface area contributed by atoms with Crippen molar-refractivity contribution in [1.29, 1.82) is 0 Å². The van der Waals surface area contributed by atoms with Gasteiger partial charge in [-0.3, -0.25) is 20.4 Å². The first-order valence-corrected chi connectivity index (χ1v) is 7.27. The monoisotopic (exact) mass is 301 g/mol. The lowest BCUT2D eigenvalue weighted by atomic mass is 10.2. The van der Waals surface area contributed by atoms with Crippen molar-refractivity contribution in [2.75, 3.05) is 0 Å². The minimum absolute atomic E-state index is 0.282. The first-order chi connectivity index (χ1) is 10.2. The van der Waals surface area contributed by atoms with E-state index in [1.165, 1.54) is 11.8 Å². The van der Waals surface area contributed by atoms with E-state index < -0.39 is 0 Å². The number of hydrogen-bond acceptors (Lipinski definition) is 4. The van der Waals surface area contributed by atoms with E-state index in [0.717, 1.165) is 5.03 Å². The van der Waals surface area contributed by atoms with Crippen LogP contribution in [0.5, 0.6) is 0 Å². The van der Waals surface area contributed by atoms with Crippen molar-refractivity contribution >= 4 is 23.6 Å². The van der Waals surface area contributed by atoms with Crippen molar-refractivity contribution in [3.05, 3.63) is 60.3 Å². The molecule has 0 saturated heterocycles. The number of hydrazine groups is 1. The summed E-state index contributed by atoms with van der Waals surface area (Å²) < 4.78 is 0. The Morgan fingerprint density at radius 3 is 2.43 bits per heavy atom. The maximum absolute atomic E-state index is 11.9. The molecule has 0 aliphatic heterocycles. The van der Waals surface area contributed by atoms with Gasteiger partial charge in [0.2, 0.25) is 0 Å². The van der Waals surface area contributed by atoms with Gasteiger partial charge in [-0.1, -0.05) is 36.0 Å². The molecule has 0 unspecified atom stereocenters. The van der Waals surface area contributed by atoms with Gasteiger partial charge in [0.1, 0.15) is 0 Å². The third kappa shape index (κ3) is 4.61. The average molecular weight is 301 g/mol. The second-order valence-corrected chi connectivity index (χ2v) is 5.60. The average Bonchev–Trinajstić information content (AvgIpc) is 2.54. The Labute approximate surface area is 127 Å². The maximum atomic E-state index is 11.9. The van der Waals surface area contributed by atoms with E-state index in [1.54, 1.807) is 37.4 Å². The molecule has 1 atom stereocenters. The number of nitrogens with zero attached hydrogens (tertiary/aromatic N) is 1. The summed E-state index contributed by atoms with van der Waals surface area (Å²) in [5.74, 6) is -0.631. The Balaban J connectivity index is 1.83. The summed E-state index contributed by atoms with van der Waals surface area (Å²) in [7, 11) is 0. The number of thioether (sulfide) groups is 1. The third-order valence-electron chi connectivity index (χ3n) is 2.64. The topological polar surface area (TPSA) is 71.1 Å². The normalized spacial score (nSPS) is 11.5. The Bertz CT molecular complexity index is 605. The van der Waals surface area contributed by atoms with E-state index in [9.17, 15) is 9.59 Å². The number of pyridine rings is 1. The maximum Gasteiger partial charge on any atom is 0.269 e. The molecular weight excluding hydrogens is 286 g/mol. The van der Waals surface area contributed by atoms with Crippen LogP contribution in [0.15, 0.2) is 59.8 Å². The molecular formula is C15H15N3O2S. The fourth-order valence-electron chi connectivity index (χ4n) is 1.53. The molecule has 0 fully saturated rings. The number of carbonyl (C=O) groups is 2. The fourth-order valence-corrected chi connectivity index (χ4v) is 2.34. The van der Waals surface area contributed by atoms with Crippen LogP contribution in [-0.4, -0.2) is 22.0 Å². The van der Waals surface area contributed by atoms with Gasteiger partial charge in [0.25, 0.3) is 11.8 Å². The summed E-state index contributed by atoms with van der Waals surface area (Å²) in [5.41, 5.74) is 5.30. The second kappa shape index (κ2) is 7.44. The van der Waals surface area contributed by atoms with Crippen molar-refractivity contribution in [3.8, 4) is 0 Å². The lowest BCUT2D eigenvalue weighted by Crippen LogP contribution is -2.44. The first-order valence-electron chi connectivity index (χ1n) is 6.40. The molecule has 1 heterocycles. The molecule has 1 aromatic carbocycles. The van der Waals surface area contributed by atoms with Gasteiger partial charge >= 0.3 is 0 Å². The standard InChI is InChI=1S/C15H15N3O2S/c1-11(21-13-9-5-6-10-16-13)14(19)17-18-15(20)12-7-3-2-4-8-12/h2-11H,1H3,(H,17,19)(H,18,20)/t11-/m0/s1. The molecule has 2 amide bonds. The van der Waals surface area contributed by atoms with Crippen molar-refractivity contribution < 1.29 is 9.59 Å². The molecule has 0 spiro atoms. The molecule has 21 heavy (non-hydrogen) atoms. The SMILES string of the molecule is C[C@H](Sc1ccccn1)C(=O)NNC(=O)c1ccccc1. The quantitative estimate of drug-likeness (QED) is 0.669. The van der Waals surface area contributed by atoms with E-state index in [2.05, 4.69) is 15.8 Å². The van der Waals surface area contributed by atoms with Gasteiger partial charge < -0.3 is 0 Å². The summed E-state index contributed by atoms with van der Waals surface area (Å²) in [4.78, 5) is 27.8. The summed E-state index contributed by atoms with van der Waals surface area (Å²) in [6, 6.07) is 14.2. The molecule has 1 aromatic heterocycles. The number of nitrogens with one attached hydrogen (secondary N) is 2. The predicted molar refractivity (Wildman–Crippen MR) is 81.6 cm³/mol. The van der Waals surface area contributed by atoms with Gasteiger partial charge in [0.15, 0.2) is 0 Å². The molecule has 0 aliphatic rings. The lowest BCUT2D eigenvalue weighted by Gasteiger charge is -2.12. The van der Waals surface area contributed by atoms with Gasteiger partial charge in [0, 0.05) is 11.8 Å². The molecule has 6 heteroatoms. The van der Waals surface area contributed by atoms with Gasteiger partial charge in [-0.25, -0.2) is 4.98 Å².